The average molecular weight is 379 g/mol. The minimum absolute atomic E-state index is 0. The molecule has 0 bridgehead atoms. The quantitative estimate of drug-likeness (QED) is 0.681. The van der Waals surface area contributed by atoms with Crippen LogP contribution in [0.25, 0.3) is 22.2 Å². The van der Waals surface area contributed by atoms with Crippen molar-refractivity contribution in [2.24, 2.45) is 0 Å². The summed E-state index contributed by atoms with van der Waals surface area (Å²) in [6.45, 7) is 0.678. The third-order valence-electron chi connectivity index (χ3n) is 3.67. The molecule has 25 heavy (non-hydrogen) atoms. The Labute approximate surface area is 158 Å². The van der Waals surface area contributed by atoms with Gasteiger partial charge in [-0.05, 0) is 25.2 Å². The minimum Gasteiger partial charge on any atom is -0.490 e. The Morgan fingerprint density at radius 3 is 2.64 bits per heavy atom. The van der Waals surface area contributed by atoms with Crippen LogP contribution in [0, 0.1) is 0 Å². The topological polar surface area (TPSA) is 54.4 Å². The number of halogens is 2. The van der Waals surface area contributed by atoms with Crippen LogP contribution in [0.5, 0.6) is 5.75 Å². The lowest BCUT2D eigenvalue weighted by Gasteiger charge is -2.15. The van der Waals surface area contributed by atoms with Gasteiger partial charge in [0.25, 0.3) is 0 Å². The number of pyridine rings is 1. The Kier molecular flexibility index (Phi) is 7.02. The predicted molar refractivity (Wildman–Crippen MR) is 105 cm³/mol. The number of nitrogens with one attached hydrogen (secondary N) is 1. The fourth-order valence-corrected chi connectivity index (χ4v) is 2.69. The van der Waals surface area contributed by atoms with E-state index < -0.39 is 6.10 Å². The highest BCUT2D eigenvalue weighted by atomic mass is 35.5. The van der Waals surface area contributed by atoms with Crippen molar-refractivity contribution in [1.82, 2.24) is 10.3 Å². The van der Waals surface area contributed by atoms with Gasteiger partial charge in [0.2, 0.25) is 0 Å². The van der Waals surface area contributed by atoms with Crippen LogP contribution in [0.3, 0.4) is 0 Å². The van der Waals surface area contributed by atoms with Gasteiger partial charge in [0.1, 0.15) is 18.5 Å². The number of fused-ring (bicyclic) bond motifs is 1. The number of ether oxygens (including phenoxy) is 1. The molecule has 4 nitrogen and oxygen atoms in total. The van der Waals surface area contributed by atoms with E-state index >= 15 is 0 Å². The van der Waals surface area contributed by atoms with Crippen LogP contribution in [0.1, 0.15) is 0 Å². The van der Waals surface area contributed by atoms with E-state index in [4.69, 9.17) is 21.3 Å². The first-order chi connectivity index (χ1) is 11.7. The lowest BCUT2D eigenvalue weighted by atomic mass is 10.1. The maximum atomic E-state index is 9.89. The molecule has 1 atom stereocenters. The molecule has 0 aliphatic heterocycles. The number of nitrogens with zero attached hydrogens (tertiary/aromatic N) is 1. The van der Waals surface area contributed by atoms with Crippen molar-refractivity contribution in [3.63, 3.8) is 0 Å². The first-order valence-corrected chi connectivity index (χ1v) is 8.16. The molecular formula is C19H20Cl2N2O2. The van der Waals surface area contributed by atoms with Gasteiger partial charge in [-0.3, -0.25) is 0 Å². The number of hydrogen-bond acceptors (Lipinski definition) is 4. The van der Waals surface area contributed by atoms with E-state index in [1.165, 1.54) is 0 Å². The van der Waals surface area contributed by atoms with Gasteiger partial charge in [-0.15, -0.1) is 12.4 Å². The molecule has 0 saturated heterocycles. The fourth-order valence-electron chi connectivity index (χ4n) is 2.53. The van der Waals surface area contributed by atoms with E-state index in [2.05, 4.69) is 5.32 Å². The molecule has 0 unspecified atom stereocenters. The SMILES string of the molecule is CNC[C@H](O)COc1cc(-c2ccccc2)nc2cc(Cl)ccc12.Cl. The zero-order valence-corrected chi connectivity index (χ0v) is 15.3. The zero-order chi connectivity index (χ0) is 16.9. The lowest BCUT2D eigenvalue weighted by Crippen LogP contribution is -2.29. The molecule has 2 N–H and O–H groups in total. The molecule has 0 spiro atoms. The number of aliphatic hydroxyl groups excluding tert-OH is 1. The third kappa shape index (κ3) is 4.83. The molecule has 0 fully saturated rings. The van der Waals surface area contributed by atoms with Crippen LogP contribution in [0.15, 0.2) is 54.6 Å². The first kappa shape index (κ1) is 19.5. The maximum Gasteiger partial charge on any atom is 0.131 e. The molecule has 132 valence electrons. The molecule has 2 aromatic carbocycles. The lowest BCUT2D eigenvalue weighted by molar-refractivity contribution is 0.109. The summed E-state index contributed by atoms with van der Waals surface area (Å²) < 4.78 is 5.86. The molecule has 0 amide bonds. The number of benzene rings is 2. The van der Waals surface area contributed by atoms with E-state index in [-0.39, 0.29) is 19.0 Å². The summed E-state index contributed by atoms with van der Waals surface area (Å²) in [5.74, 6) is 0.686. The van der Waals surface area contributed by atoms with Gasteiger partial charge < -0.3 is 15.2 Å². The number of likely N-dealkylation sites (N-methyl/N-ethyl adjacent to an activating group) is 1. The molecule has 3 aromatic rings. The van der Waals surface area contributed by atoms with E-state index in [9.17, 15) is 5.11 Å². The number of aliphatic hydroxyl groups is 1. The second-order valence-electron chi connectivity index (χ2n) is 5.56. The average Bonchev–Trinajstić information content (AvgIpc) is 2.60. The van der Waals surface area contributed by atoms with E-state index in [0.717, 1.165) is 22.2 Å². The Morgan fingerprint density at radius 2 is 1.92 bits per heavy atom. The highest BCUT2D eigenvalue weighted by molar-refractivity contribution is 6.31. The molecule has 0 aliphatic carbocycles. The highest BCUT2D eigenvalue weighted by Crippen LogP contribution is 2.31. The van der Waals surface area contributed by atoms with Crippen LogP contribution in [0.2, 0.25) is 5.02 Å². The van der Waals surface area contributed by atoms with Gasteiger partial charge in [-0.25, -0.2) is 4.98 Å². The molecule has 3 rings (SSSR count). The largest absolute Gasteiger partial charge is 0.490 e. The van der Waals surface area contributed by atoms with Crippen LogP contribution in [-0.4, -0.2) is 36.4 Å². The second kappa shape index (κ2) is 9.02. The summed E-state index contributed by atoms with van der Waals surface area (Å²) in [7, 11) is 1.79. The van der Waals surface area contributed by atoms with E-state index in [0.29, 0.717) is 17.3 Å². The molecule has 1 heterocycles. The van der Waals surface area contributed by atoms with Gasteiger partial charge in [-0.1, -0.05) is 41.9 Å². The standard InChI is InChI=1S/C19H19ClN2O2.ClH/c1-21-11-15(23)12-24-19-10-17(13-5-3-2-4-6-13)22-18-9-14(20)7-8-16(18)19;/h2-10,15,21,23H,11-12H2,1H3;1H/t15-;/m0./s1. The molecule has 0 aliphatic rings. The Bertz CT molecular complexity index is 828. The molecular weight excluding hydrogens is 359 g/mol. The number of rotatable bonds is 6. The summed E-state index contributed by atoms with van der Waals surface area (Å²) in [5.41, 5.74) is 2.57. The van der Waals surface area contributed by atoms with Gasteiger partial charge in [0.15, 0.2) is 0 Å². The maximum absolute atomic E-state index is 9.89. The highest BCUT2D eigenvalue weighted by Gasteiger charge is 2.11. The Morgan fingerprint density at radius 1 is 1.16 bits per heavy atom. The fraction of sp³-hybridized carbons (Fsp3) is 0.211. The van der Waals surface area contributed by atoms with Crippen molar-refractivity contribution in [2.45, 2.75) is 6.10 Å². The summed E-state index contributed by atoms with van der Waals surface area (Å²) in [4.78, 5) is 4.69. The van der Waals surface area contributed by atoms with Crippen LogP contribution < -0.4 is 10.1 Å². The summed E-state index contributed by atoms with van der Waals surface area (Å²) >= 11 is 6.11. The summed E-state index contributed by atoms with van der Waals surface area (Å²) in [5, 5.41) is 14.3. The summed E-state index contributed by atoms with van der Waals surface area (Å²) in [6.07, 6.45) is -0.578. The van der Waals surface area contributed by atoms with Crippen molar-refractivity contribution in [2.75, 3.05) is 20.2 Å². The monoisotopic (exact) mass is 378 g/mol. The summed E-state index contributed by atoms with van der Waals surface area (Å²) in [6, 6.07) is 17.3. The van der Waals surface area contributed by atoms with E-state index in [1.54, 1.807) is 7.05 Å². The Balaban J connectivity index is 0.00000225. The third-order valence-corrected chi connectivity index (χ3v) is 3.91. The molecule has 0 saturated carbocycles. The minimum atomic E-state index is -0.578. The smallest absolute Gasteiger partial charge is 0.131 e. The molecule has 0 radical (unpaired) electrons. The van der Waals surface area contributed by atoms with Crippen LogP contribution in [-0.2, 0) is 0 Å². The zero-order valence-electron chi connectivity index (χ0n) is 13.8. The second-order valence-corrected chi connectivity index (χ2v) is 5.99. The van der Waals surface area contributed by atoms with Crippen LogP contribution in [0.4, 0.5) is 0 Å². The molecule has 6 heteroatoms. The van der Waals surface area contributed by atoms with Gasteiger partial charge in [0, 0.05) is 28.6 Å². The first-order valence-electron chi connectivity index (χ1n) is 7.78. The van der Waals surface area contributed by atoms with Crippen molar-refractivity contribution in [3.8, 4) is 17.0 Å². The van der Waals surface area contributed by atoms with Crippen molar-refractivity contribution in [3.05, 3.63) is 59.6 Å². The van der Waals surface area contributed by atoms with Crippen molar-refractivity contribution < 1.29 is 9.84 Å². The van der Waals surface area contributed by atoms with Gasteiger partial charge in [0.05, 0.1) is 11.2 Å². The predicted octanol–water partition coefficient (Wildman–Crippen LogP) is 3.94. The normalized spacial score (nSPS) is 11.8. The van der Waals surface area contributed by atoms with E-state index in [1.807, 2.05) is 54.6 Å². The number of aromatic nitrogens is 1. The van der Waals surface area contributed by atoms with Crippen molar-refractivity contribution in [1.29, 1.82) is 0 Å². The number of hydrogen-bond donors (Lipinski definition) is 2. The van der Waals surface area contributed by atoms with Crippen LogP contribution >= 0.6 is 24.0 Å². The van der Waals surface area contributed by atoms with Gasteiger partial charge >= 0.3 is 0 Å². The molecule has 1 aromatic heterocycles. The Hall–Kier alpha value is -1.85. The van der Waals surface area contributed by atoms with Crippen molar-refractivity contribution >= 4 is 34.9 Å². The van der Waals surface area contributed by atoms with Gasteiger partial charge in [-0.2, -0.15) is 0 Å².